The number of rotatable bonds is 13. The molecule has 0 aliphatic heterocycles. The molecule has 3 nitrogen and oxygen atoms in total. The van der Waals surface area contributed by atoms with Crippen LogP contribution >= 0.6 is 0 Å². The summed E-state index contributed by atoms with van der Waals surface area (Å²) in [6.07, 6.45) is 7.03. The van der Waals surface area contributed by atoms with E-state index in [0.29, 0.717) is 36.3 Å². The van der Waals surface area contributed by atoms with Gasteiger partial charge in [0.15, 0.2) is 0 Å². The molecule has 0 bridgehead atoms. The second kappa shape index (κ2) is 29.7. The third kappa shape index (κ3) is 30.4. The van der Waals surface area contributed by atoms with Gasteiger partial charge in [0.2, 0.25) is 0 Å². The molecular weight excluding hydrogens is 548 g/mol. The fraction of sp³-hybridized carbons (Fsp3) is 0.828. The zero-order chi connectivity index (χ0) is 27.8. The molecule has 0 N–H and O–H groups in total. The average Bonchev–Trinajstić information content (AvgIpc) is 3.40. The van der Waals surface area contributed by atoms with Gasteiger partial charge in [-0.15, -0.1) is 41.4 Å². The third-order valence-corrected chi connectivity index (χ3v) is 6.90. The van der Waals surface area contributed by atoms with E-state index < -0.39 is 9.46 Å². The molecule has 0 saturated heterocycles. The summed E-state index contributed by atoms with van der Waals surface area (Å²) in [7, 11) is -3.48. The summed E-state index contributed by atoms with van der Waals surface area (Å²) in [5.41, 5.74) is 0. The van der Waals surface area contributed by atoms with Crippen molar-refractivity contribution in [2.24, 2.45) is 0 Å². The standard InChI is InChI=1S/3C8H18N.C5H5F2Si.Zr/c3*1-5-7(3)9-8(4)6-2;6-8(7)5-3-1-2-4-5;/h3*7-8H,5-6H2,1-4H3;1-4,8H;/q4*-1;+4. The molecule has 0 aromatic heterocycles. The van der Waals surface area contributed by atoms with Crippen molar-refractivity contribution in [1.82, 2.24) is 0 Å². The number of hydrogen-bond donors (Lipinski definition) is 0. The Hall–Kier alpha value is 0.190. The fourth-order valence-electron chi connectivity index (χ4n) is 2.47. The van der Waals surface area contributed by atoms with Gasteiger partial charge < -0.3 is 16.0 Å². The predicted molar refractivity (Wildman–Crippen MR) is 160 cm³/mol. The van der Waals surface area contributed by atoms with Gasteiger partial charge in [0.05, 0.1) is 0 Å². The number of halogens is 2. The van der Waals surface area contributed by atoms with Crippen LogP contribution in [0.4, 0.5) is 8.22 Å². The monoisotopic (exact) mass is 605 g/mol. The van der Waals surface area contributed by atoms with Crippen molar-refractivity contribution in [2.45, 2.75) is 158 Å². The Morgan fingerprint density at radius 1 is 0.528 bits per heavy atom. The van der Waals surface area contributed by atoms with Crippen molar-refractivity contribution in [3.05, 3.63) is 40.2 Å². The van der Waals surface area contributed by atoms with Gasteiger partial charge in [-0.3, -0.25) is 8.22 Å². The van der Waals surface area contributed by atoms with Crippen LogP contribution in [0.1, 0.15) is 122 Å². The molecule has 6 unspecified atom stereocenters. The van der Waals surface area contributed by atoms with E-state index in [9.17, 15) is 8.22 Å². The Morgan fingerprint density at radius 3 is 0.833 bits per heavy atom. The number of nitrogens with zero attached hydrogens (tertiary/aromatic N) is 3. The molecule has 6 atom stereocenters. The van der Waals surface area contributed by atoms with Crippen LogP contribution in [0.15, 0.2) is 24.3 Å². The summed E-state index contributed by atoms with van der Waals surface area (Å²) < 4.78 is 23.5. The molecule has 1 aromatic rings. The minimum atomic E-state index is -3.48. The summed E-state index contributed by atoms with van der Waals surface area (Å²) in [5.74, 6) is 0. The molecule has 0 heterocycles. The maximum atomic E-state index is 11.7. The topological polar surface area (TPSA) is 42.3 Å². The normalized spacial score (nSPS) is 15.3. The first-order chi connectivity index (χ1) is 16.4. The molecule has 0 aliphatic carbocycles. The summed E-state index contributed by atoms with van der Waals surface area (Å²) in [5, 5.41) is 13.8. The summed E-state index contributed by atoms with van der Waals surface area (Å²) in [4.78, 5) is 0. The van der Waals surface area contributed by atoms with E-state index >= 15 is 0 Å². The average molecular weight is 607 g/mol. The third-order valence-electron chi connectivity index (χ3n) is 6.01. The Labute approximate surface area is 246 Å². The van der Waals surface area contributed by atoms with E-state index in [1.165, 1.54) is 50.7 Å². The van der Waals surface area contributed by atoms with E-state index in [-0.39, 0.29) is 31.4 Å². The smallest absolute Gasteiger partial charge is 0.657 e. The van der Waals surface area contributed by atoms with Crippen molar-refractivity contribution in [3.8, 4) is 0 Å². The molecule has 1 rings (SSSR count). The molecule has 0 saturated carbocycles. The Balaban J connectivity index is -0.000000188. The molecule has 0 spiro atoms. The van der Waals surface area contributed by atoms with E-state index in [2.05, 4.69) is 99.0 Å². The second-order valence-electron chi connectivity index (χ2n) is 9.51. The zero-order valence-electron chi connectivity index (χ0n) is 25.7. The van der Waals surface area contributed by atoms with E-state index in [1.54, 1.807) is 12.1 Å². The van der Waals surface area contributed by atoms with Crippen LogP contribution in [0.3, 0.4) is 0 Å². The van der Waals surface area contributed by atoms with Crippen LogP contribution in [0, 0.1) is 0 Å². The first-order valence-electron chi connectivity index (χ1n) is 14.0. The summed E-state index contributed by atoms with van der Waals surface area (Å²) in [6, 6.07) is 9.54. The van der Waals surface area contributed by atoms with Gasteiger partial charge in [-0.1, -0.05) is 122 Å². The maximum absolute atomic E-state index is 11.7. The largest absolute Gasteiger partial charge is 4.00 e. The van der Waals surface area contributed by atoms with E-state index in [4.69, 9.17) is 0 Å². The first-order valence-corrected chi connectivity index (χ1v) is 15.5. The predicted octanol–water partition coefficient (Wildman–Crippen LogP) is 9.64. The maximum Gasteiger partial charge on any atom is 4.00 e. The minimum absolute atomic E-state index is 0. The molecule has 36 heavy (non-hydrogen) atoms. The second-order valence-corrected chi connectivity index (χ2v) is 10.8. The van der Waals surface area contributed by atoms with Crippen LogP contribution in [-0.2, 0) is 26.2 Å². The molecule has 0 radical (unpaired) electrons. The van der Waals surface area contributed by atoms with Crippen LogP contribution in [0.2, 0.25) is 0 Å². The van der Waals surface area contributed by atoms with Crippen molar-refractivity contribution in [1.29, 1.82) is 0 Å². The zero-order valence-corrected chi connectivity index (χ0v) is 29.3. The van der Waals surface area contributed by atoms with Crippen molar-refractivity contribution < 1.29 is 34.4 Å². The Bertz CT molecular complexity index is 454. The van der Waals surface area contributed by atoms with Gasteiger partial charge in [0, 0.05) is 0 Å². The van der Waals surface area contributed by atoms with Gasteiger partial charge >= 0.3 is 35.7 Å². The van der Waals surface area contributed by atoms with Crippen LogP contribution in [0.5, 0.6) is 0 Å². The Morgan fingerprint density at radius 2 is 0.722 bits per heavy atom. The van der Waals surface area contributed by atoms with Crippen LogP contribution in [0.25, 0.3) is 16.0 Å². The summed E-state index contributed by atoms with van der Waals surface area (Å²) in [6.45, 7) is 26.1. The Kier molecular flexibility index (Phi) is 35.7. The SMILES string of the molecule is CCC(C)[N-]C(C)CC.CCC(C)[N-]C(C)CC.CCC(C)[N-]C(C)CC.F[SiH](F)[c-]1cccc1.[Zr+4]. The van der Waals surface area contributed by atoms with Gasteiger partial charge in [0.25, 0.3) is 0 Å². The molecule has 0 aliphatic rings. The quantitative estimate of drug-likeness (QED) is 0.122. The molecule has 212 valence electrons. The minimum Gasteiger partial charge on any atom is -0.657 e. The fourth-order valence-corrected chi connectivity index (χ4v) is 2.98. The molecular formula is C29H59F2N3SiZr. The summed E-state index contributed by atoms with van der Waals surface area (Å²) >= 11 is 0. The van der Waals surface area contributed by atoms with Crippen molar-refractivity contribution in [3.63, 3.8) is 0 Å². The van der Waals surface area contributed by atoms with Crippen molar-refractivity contribution >= 4 is 14.7 Å². The van der Waals surface area contributed by atoms with Crippen LogP contribution in [-0.4, -0.2) is 45.7 Å². The van der Waals surface area contributed by atoms with Crippen LogP contribution < -0.4 is 5.19 Å². The van der Waals surface area contributed by atoms with Gasteiger partial charge in [-0.25, -0.2) is 12.1 Å². The molecule has 7 heteroatoms. The van der Waals surface area contributed by atoms with Gasteiger partial charge in [0.1, 0.15) is 0 Å². The molecule has 1 aromatic carbocycles. The van der Waals surface area contributed by atoms with E-state index in [0.717, 1.165) is 0 Å². The molecule has 0 fully saturated rings. The van der Waals surface area contributed by atoms with Gasteiger partial charge in [-0.05, 0) is 0 Å². The van der Waals surface area contributed by atoms with Crippen molar-refractivity contribution in [2.75, 3.05) is 0 Å². The van der Waals surface area contributed by atoms with Gasteiger partial charge in [-0.2, -0.15) is 12.1 Å². The first kappa shape index (κ1) is 43.2. The van der Waals surface area contributed by atoms with E-state index in [1.807, 2.05) is 0 Å². The molecule has 0 amide bonds. The number of hydrogen-bond acceptors (Lipinski definition) is 0.